The molecule has 0 bridgehead atoms. The highest BCUT2D eigenvalue weighted by Gasteiger charge is 2.29. The number of fused-ring (bicyclic) bond motifs is 1. The van der Waals surface area contributed by atoms with Crippen LogP contribution in [0.5, 0.6) is 0 Å². The molecule has 1 aromatic carbocycles. The first kappa shape index (κ1) is 21.0. The molecule has 0 radical (unpaired) electrons. The van der Waals surface area contributed by atoms with Gasteiger partial charge in [0, 0.05) is 23.9 Å². The van der Waals surface area contributed by atoms with Crippen molar-refractivity contribution in [3.63, 3.8) is 0 Å². The lowest BCUT2D eigenvalue weighted by Gasteiger charge is -2.06. The number of carbonyl (C=O) groups is 1. The monoisotopic (exact) mass is 457 g/mol. The zero-order valence-electron chi connectivity index (χ0n) is 17.9. The van der Waals surface area contributed by atoms with Crippen molar-refractivity contribution in [1.82, 2.24) is 19.7 Å². The van der Waals surface area contributed by atoms with E-state index in [2.05, 4.69) is 32.2 Å². The molecule has 0 fully saturated rings. The van der Waals surface area contributed by atoms with Gasteiger partial charge in [0.25, 0.3) is 5.91 Å². The Morgan fingerprint density at radius 2 is 2.06 bits per heavy atom. The van der Waals surface area contributed by atoms with Crippen LogP contribution in [0.2, 0.25) is 0 Å². The van der Waals surface area contributed by atoms with Gasteiger partial charge in [0.1, 0.15) is 22.9 Å². The number of pyridine rings is 1. The number of hydrogen-bond acceptors (Lipinski definition) is 5. The molecular formula is C25H20FN5OS. The number of thiazole rings is 1. The fourth-order valence-corrected chi connectivity index (χ4v) is 4.55. The van der Waals surface area contributed by atoms with E-state index in [4.69, 9.17) is 0 Å². The van der Waals surface area contributed by atoms with Gasteiger partial charge in [-0.05, 0) is 43.0 Å². The van der Waals surface area contributed by atoms with E-state index in [-0.39, 0.29) is 5.91 Å². The number of nitrogens with one attached hydrogen (secondary N) is 1. The number of anilines is 1. The van der Waals surface area contributed by atoms with Gasteiger partial charge in [0.05, 0.1) is 17.0 Å². The van der Waals surface area contributed by atoms with E-state index >= 15 is 0 Å². The normalized spacial score (nSPS) is 12.2. The molecule has 8 heteroatoms. The number of benzene rings is 1. The van der Waals surface area contributed by atoms with Crippen LogP contribution in [0.4, 0.5) is 9.52 Å². The predicted molar refractivity (Wildman–Crippen MR) is 126 cm³/mol. The van der Waals surface area contributed by atoms with Gasteiger partial charge in [-0.2, -0.15) is 5.10 Å². The molecule has 33 heavy (non-hydrogen) atoms. The SMILES string of the molecule is CCC#Cc1cccc(-c2csc(NC(=O)c3c(-c4ccccc4F)nn4c3CCC4)n2)n1. The van der Waals surface area contributed by atoms with Crippen molar-refractivity contribution in [2.75, 3.05) is 5.32 Å². The van der Waals surface area contributed by atoms with Crippen molar-refractivity contribution in [2.24, 2.45) is 0 Å². The van der Waals surface area contributed by atoms with Gasteiger partial charge in [-0.1, -0.05) is 31.0 Å². The highest BCUT2D eigenvalue weighted by atomic mass is 32.1. The van der Waals surface area contributed by atoms with Crippen molar-refractivity contribution in [3.05, 3.63) is 70.6 Å². The predicted octanol–water partition coefficient (Wildman–Crippen LogP) is 5.17. The highest BCUT2D eigenvalue weighted by Crippen LogP contribution is 2.32. The summed E-state index contributed by atoms with van der Waals surface area (Å²) in [4.78, 5) is 22.4. The molecule has 0 aliphatic carbocycles. The topological polar surface area (TPSA) is 72.7 Å². The van der Waals surface area contributed by atoms with Gasteiger partial charge >= 0.3 is 0 Å². The minimum Gasteiger partial charge on any atom is -0.298 e. The minimum atomic E-state index is -0.406. The molecule has 4 aromatic rings. The summed E-state index contributed by atoms with van der Waals surface area (Å²) in [5.74, 6) is 5.28. The number of halogens is 1. The Morgan fingerprint density at radius 1 is 1.18 bits per heavy atom. The summed E-state index contributed by atoms with van der Waals surface area (Å²) in [6.07, 6.45) is 2.39. The average Bonchev–Trinajstić information content (AvgIpc) is 3.54. The Hall–Kier alpha value is -3.83. The quantitative estimate of drug-likeness (QED) is 0.429. The maximum absolute atomic E-state index is 14.5. The standard InChI is InChI=1S/C25H20FN5OS/c1-2-3-8-16-9-6-12-19(27-16)20-15-33-25(28-20)29-24(32)22-21-13-7-14-31(21)30-23(22)17-10-4-5-11-18(17)26/h4-6,9-12,15H,2,7,13-14H2,1H3,(H,28,29,32). The smallest absolute Gasteiger partial charge is 0.261 e. The van der Waals surface area contributed by atoms with Crippen molar-refractivity contribution in [1.29, 1.82) is 0 Å². The molecule has 0 saturated carbocycles. The molecule has 5 rings (SSSR count). The molecular weight excluding hydrogens is 437 g/mol. The molecule has 1 N–H and O–H groups in total. The van der Waals surface area contributed by atoms with Crippen LogP contribution in [0.25, 0.3) is 22.6 Å². The summed E-state index contributed by atoms with van der Waals surface area (Å²) in [5, 5.41) is 9.71. The van der Waals surface area contributed by atoms with E-state index < -0.39 is 5.82 Å². The molecule has 0 atom stereocenters. The maximum Gasteiger partial charge on any atom is 0.261 e. The Morgan fingerprint density at radius 3 is 2.91 bits per heavy atom. The number of aryl methyl sites for hydroxylation is 1. The Bertz CT molecular complexity index is 1410. The van der Waals surface area contributed by atoms with E-state index in [0.717, 1.165) is 25.0 Å². The molecule has 4 heterocycles. The van der Waals surface area contributed by atoms with E-state index in [1.165, 1.54) is 17.4 Å². The maximum atomic E-state index is 14.5. The third-order valence-electron chi connectivity index (χ3n) is 5.33. The first-order valence-electron chi connectivity index (χ1n) is 10.7. The summed E-state index contributed by atoms with van der Waals surface area (Å²) in [5.41, 5.74) is 3.94. The summed E-state index contributed by atoms with van der Waals surface area (Å²) < 4.78 is 16.3. The molecule has 1 aliphatic rings. The number of aromatic nitrogens is 4. The van der Waals surface area contributed by atoms with Crippen LogP contribution < -0.4 is 5.32 Å². The third kappa shape index (κ3) is 4.15. The van der Waals surface area contributed by atoms with Crippen LogP contribution in [0, 0.1) is 17.7 Å². The van der Waals surface area contributed by atoms with Gasteiger partial charge in [-0.15, -0.1) is 11.3 Å². The van der Waals surface area contributed by atoms with Gasteiger partial charge < -0.3 is 0 Å². The van der Waals surface area contributed by atoms with E-state index in [1.54, 1.807) is 22.9 Å². The fourth-order valence-electron chi connectivity index (χ4n) is 3.85. The Labute approximate surface area is 194 Å². The van der Waals surface area contributed by atoms with Gasteiger partial charge in [-0.25, -0.2) is 14.4 Å². The second kappa shape index (κ2) is 8.96. The molecule has 0 unspecified atom stereocenters. The Balaban J connectivity index is 1.44. The number of hydrogen-bond donors (Lipinski definition) is 1. The van der Waals surface area contributed by atoms with E-state index in [1.807, 2.05) is 30.5 Å². The highest BCUT2D eigenvalue weighted by molar-refractivity contribution is 7.14. The van der Waals surface area contributed by atoms with E-state index in [0.29, 0.717) is 45.6 Å². The largest absolute Gasteiger partial charge is 0.298 e. The van der Waals surface area contributed by atoms with Gasteiger partial charge in [0.15, 0.2) is 5.13 Å². The lowest BCUT2D eigenvalue weighted by Crippen LogP contribution is -2.14. The second-order valence-corrected chi connectivity index (χ2v) is 8.39. The fraction of sp³-hybridized carbons (Fsp3) is 0.200. The van der Waals surface area contributed by atoms with Crippen molar-refractivity contribution in [3.8, 4) is 34.5 Å². The van der Waals surface area contributed by atoms with E-state index in [9.17, 15) is 9.18 Å². The van der Waals surface area contributed by atoms with Crippen LogP contribution in [0.15, 0.2) is 47.8 Å². The lowest BCUT2D eigenvalue weighted by molar-refractivity contribution is 0.102. The number of carbonyl (C=O) groups excluding carboxylic acids is 1. The van der Waals surface area contributed by atoms with Gasteiger partial charge in [-0.3, -0.25) is 14.8 Å². The number of rotatable bonds is 4. The second-order valence-electron chi connectivity index (χ2n) is 7.53. The summed E-state index contributed by atoms with van der Waals surface area (Å²) >= 11 is 1.31. The zero-order chi connectivity index (χ0) is 22.8. The molecule has 6 nitrogen and oxygen atoms in total. The number of nitrogens with zero attached hydrogens (tertiary/aromatic N) is 4. The van der Waals surface area contributed by atoms with Crippen LogP contribution in [-0.4, -0.2) is 25.7 Å². The molecule has 3 aromatic heterocycles. The molecule has 0 spiro atoms. The zero-order valence-corrected chi connectivity index (χ0v) is 18.7. The number of amides is 1. The van der Waals surface area contributed by atoms with Crippen LogP contribution in [0.1, 0.15) is 41.5 Å². The summed E-state index contributed by atoms with van der Waals surface area (Å²) in [7, 11) is 0. The molecule has 0 saturated heterocycles. The van der Waals surface area contributed by atoms with Crippen molar-refractivity contribution < 1.29 is 9.18 Å². The minimum absolute atomic E-state index is 0.318. The summed E-state index contributed by atoms with van der Waals surface area (Å²) in [6.45, 7) is 2.70. The molecule has 1 amide bonds. The van der Waals surface area contributed by atoms with Crippen molar-refractivity contribution in [2.45, 2.75) is 32.7 Å². The molecule has 1 aliphatic heterocycles. The Kier molecular flexibility index (Phi) is 5.71. The van der Waals surface area contributed by atoms with Crippen LogP contribution in [0.3, 0.4) is 0 Å². The lowest BCUT2D eigenvalue weighted by atomic mass is 10.0. The summed E-state index contributed by atoms with van der Waals surface area (Å²) in [6, 6.07) is 12.0. The first-order valence-corrected chi connectivity index (χ1v) is 11.6. The third-order valence-corrected chi connectivity index (χ3v) is 6.08. The first-order chi connectivity index (χ1) is 16.1. The van der Waals surface area contributed by atoms with Crippen LogP contribution >= 0.6 is 11.3 Å². The van der Waals surface area contributed by atoms with Gasteiger partial charge in [0.2, 0.25) is 0 Å². The van der Waals surface area contributed by atoms with Crippen LogP contribution in [-0.2, 0) is 13.0 Å². The van der Waals surface area contributed by atoms with Crippen molar-refractivity contribution >= 4 is 22.4 Å². The molecule has 164 valence electrons. The average molecular weight is 458 g/mol.